The molecule has 3 nitrogen and oxygen atoms in total. The van der Waals surface area contributed by atoms with Gasteiger partial charge in [-0.05, 0) is 29.8 Å². The molecular weight excluding hydrogens is 331 g/mol. The standard InChI is InChI=1S/C19H16F3NO2/c20-19(21,22)17-11-9-15(10-12-17)6-4-5-13-23-18(24)25-14-16-7-2-1-3-8-16/h1-3,7-12H,5,13-14H2,(H,23,24). The minimum Gasteiger partial charge on any atom is -0.445 e. The van der Waals surface area contributed by atoms with E-state index in [0.29, 0.717) is 18.5 Å². The van der Waals surface area contributed by atoms with Gasteiger partial charge in [0.2, 0.25) is 0 Å². The highest BCUT2D eigenvalue weighted by Gasteiger charge is 2.29. The fourth-order valence-corrected chi connectivity index (χ4v) is 1.91. The quantitative estimate of drug-likeness (QED) is 0.659. The second kappa shape index (κ2) is 8.78. The molecule has 0 aromatic heterocycles. The molecule has 0 fully saturated rings. The molecule has 0 radical (unpaired) electrons. The molecule has 2 rings (SSSR count). The number of alkyl carbamates (subject to hydrolysis) is 1. The highest BCUT2D eigenvalue weighted by Crippen LogP contribution is 2.28. The first-order valence-electron chi connectivity index (χ1n) is 7.56. The Morgan fingerprint density at radius 3 is 2.36 bits per heavy atom. The lowest BCUT2D eigenvalue weighted by Gasteiger charge is -2.05. The van der Waals surface area contributed by atoms with Crippen LogP contribution in [0, 0.1) is 11.8 Å². The Bertz CT molecular complexity index is 744. The maximum atomic E-state index is 12.4. The second-order valence-corrected chi connectivity index (χ2v) is 5.12. The number of carbonyl (C=O) groups excluding carboxylic acids is 1. The van der Waals surface area contributed by atoms with Crippen molar-refractivity contribution in [3.63, 3.8) is 0 Å². The summed E-state index contributed by atoms with van der Waals surface area (Å²) in [6, 6.07) is 13.9. The highest BCUT2D eigenvalue weighted by molar-refractivity contribution is 5.67. The average molecular weight is 347 g/mol. The van der Waals surface area contributed by atoms with Crippen LogP contribution in [0.2, 0.25) is 0 Å². The van der Waals surface area contributed by atoms with E-state index in [1.165, 1.54) is 12.1 Å². The Morgan fingerprint density at radius 2 is 1.72 bits per heavy atom. The first kappa shape index (κ1) is 18.4. The van der Waals surface area contributed by atoms with E-state index in [0.717, 1.165) is 17.7 Å². The number of halogens is 3. The van der Waals surface area contributed by atoms with Crippen LogP contribution in [0.3, 0.4) is 0 Å². The lowest BCUT2D eigenvalue weighted by atomic mass is 10.1. The van der Waals surface area contributed by atoms with Crippen molar-refractivity contribution in [2.75, 3.05) is 6.54 Å². The fourth-order valence-electron chi connectivity index (χ4n) is 1.91. The molecule has 0 saturated carbocycles. The molecule has 1 N–H and O–H groups in total. The third-order valence-electron chi connectivity index (χ3n) is 3.18. The summed E-state index contributed by atoms with van der Waals surface area (Å²) in [5.74, 6) is 5.53. The summed E-state index contributed by atoms with van der Waals surface area (Å²) in [6.07, 6.45) is -4.53. The van der Waals surface area contributed by atoms with Crippen LogP contribution >= 0.6 is 0 Å². The molecule has 6 heteroatoms. The molecule has 0 bridgehead atoms. The lowest BCUT2D eigenvalue weighted by Crippen LogP contribution is -2.24. The van der Waals surface area contributed by atoms with E-state index in [1.54, 1.807) is 0 Å². The first-order valence-corrected chi connectivity index (χ1v) is 7.56. The zero-order valence-corrected chi connectivity index (χ0v) is 13.3. The van der Waals surface area contributed by atoms with E-state index in [4.69, 9.17) is 4.74 Å². The maximum absolute atomic E-state index is 12.4. The molecule has 130 valence electrons. The Kier molecular flexibility index (Phi) is 6.47. The number of rotatable bonds is 4. The van der Waals surface area contributed by atoms with Crippen molar-refractivity contribution in [1.82, 2.24) is 5.32 Å². The van der Waals surface area contributed by atoms with Crippen LogP contribution in [-0.4, -0.2) is 12.6 Å². The van der Waals surface area contributed by atoms with E-state index in [-0.39, 0.29) is 6.61 Å². The molecule has 25 heavy (non-hydrogen) atoms. The first-order chi connectivity index (χ1) is 11.9. The van der Waals surface area contributed by atoms with Crippen molar-refractivity contribution < 1.29 is 22.7 Å². The third kappa shape index (κ3) is 6.60. The normalized spacial score (nSPS) is 10.5. The summed E-state index contributed by atoms with van der Waals surface area (Å²) >= 11 is 0. The molecule has 0 saturated heterocycles. The van der Waals surface area contributed by atoms with E-state index < -0.39 is 17.8 Å². The van der Waals surface area contributed by atoms with Crippen LogP contribution in [-0.2, 0) is 17.5 Å². The van der Waals surface area contributed by atoms with Gasteiger partial charge in [-0.1, -0.05) is 42.2 Å². The van der Waals surface area contributed by atoms with Crippen molar-refractivity contribution in [2.24, 2.45) is 0 Å². The number of alkyl halides is 3. The van der Waals surface area contributed by atoms with Crippen molar-refractivity contribution in [3.05, 3.63) is 71.3 Å². The smallest absolute Gasteiger partial charge is 0.416 e. The number of benzene rings is 2. The summed E-state index contributed by atoms with van der Waals surface area (Å²) in [5, 5.41) is 2.56. The van der Waals surface area contributed by atoms with Gasteiger partial charge in [0, 0.05) is 18.5 Å². The predicted molar refractivity (Wildman–Crippen MR) is 87.6 cm³/mol. The van der Waals surface area contributed by atoms with Crippen LogP contribution in [0.5, 0.6) is 0 Å². The number of hydrogen-bond acceptors (Lipinski definition) is 2. The second-order valence-electron chi connectivity index (χ2n) is 5.12. The molecule has 0 aliphatic heterocycles. The van der Waals surface area contributed by atoms with Crippen LogP contribution in [0.25, 0.3) is 0 Å². The Balaban J connectivity index is 1.69. The predicted octanol–water partition coefficient (Wildman–Crippen LogP) is 4.37. The van der Waals surface area contributed by atoms with Gasteiger partial charge in [-0.25, -0.2) is 4.79 Å². The molecule has 1 amide bonds. The lowest BCUT2D eigenvalue weighted by molar-refractivity contribution is -0.137. The largest absolute Gasteiger partial charge is 0.445 e. The molecule has 2 aromatic carbocycles. The molecule has 0 heterocycles. The Hall–Kier alpha value is -2.94. The van der Waals surface area contributed by atoms with Crippen molar-refractivity contribution >= 4 is 6.09 Å². The highest BCUT2D eigenvalue weighted by atomic mass is 19.4. The summed E-state index contributed by atoms with van der Waals surface area (Å²) in [7, 11) is 0. The molecule has 0 aliphatic carbocycles. The topological polar surface area (TPSA) is 38.3 Å². The van der Waals surface area contributed by atoms with Crippen LogP contribution in [0.1, 0.15) is 23.1 Å². The molecular formula is C19H16F3NO2. The van der Waals surface area contributed by atoms with E-state index in [1.807, 2.05) is 30.3 Å². The minimum atomic E-state index is -4.35. The Morgan fingerprint density at radius 1 is 1.04 bits per heavy atom. The third-order valence-corrected chi connectivity index (χ3v) is 3.18. The number of nitrogens with one attached hydrogen (secondary N) is 1. The van der Waals surface area contributed by atoms with Gasteiger partial charge in [-0.2, -0.15) is 13.2 Å². The van der Waals surface area contributed by atoms with Gasteiger partial charge in [0.15, 0.2) is 0 Å². The van der Waals surface area contributed by atoms with Crippen molar-refractivity contribution in [2.45, 2.75) is 19.2 Å². The van der Waals surface area contributed by atoms with Crippen molar-refractivity contribution in [3.8, 4) is 11.8 Å². The van der Waals surface area contributed by atoms with E-state index in [9.17, 15) is 18.0 Å². The number of ether oxygens (including phenoxy) is 1. The maximum Gasteiger partial charge on any atom is 0.416 e. The number of amides is 1. The summed E-state index contributed by atoms with van der Waals surface area (Å²) < 4.78 is 42.3. The van der Waals surface area contributed by atoms with Gasteiger partial charge in [-0.15, -0.1) is 0 Å². The number of carbonyl (C=O) groups is 1. The van der Waals surface area contributed by atoms with Gasteiger partial charge in [-0.3, -0.25) is 0 Å². The molecule has 0 atom stereocenters. The van der Waals surface area contributed by atoms with Crippen LogP contribution in [0.15, 0.2) is 54.6 Å². The zero-order valence-electron chi connectivity index (χ0n) is 13.3. The van der Waals surface area contributed by atoms with Gasteiger partial charge < -0.3 is 10.1 Å². The molecule has 0 unspecified atom stereocenters. The van der Waals surface area contributed by atoms with E-state index in [2.05, 4.69) is 17.2 Å². The monoisotopic (exact) mass is 347 g/mol. The van der Waals surface area contributed by atoms with E-state index >= 15 is 0 Å². The van der Waals surface area contributed by atoms with Gasteiger partial charge in [0.25, 0.3) is 0 Å². The van der Waals surface area contributed by atoms with Gasteiger partial charge >= 0.3 is 12.3 Å². The molecule has 0 spiro atoms. The molecule has 0 aliphatic rings. The van der Waals surface area contributed by atoms with Crippen LogP contribution < -0.4 is 5.32 Å². The Labute approximate surface area is 143 Å². The minimum absolute atomic E-state index is 0.184. The number of hydrogen-bond donors (Lipinski definition) is 1. The van der Waals surface area contributed by atoms with Gasteiger partial charge in [0.1, 0.15) is 6.61 Å². The van der Waals surface area contributed by atoms with Gasteiger partial charge in [0.05, 0.1) is 5.56 Å². The van der Waals surface area contributed by atoms with Crippen molar-refractivity contribution in [1.29, 1.82) is 0 Å². The zero-order chi connectivity index (χ0) is 18.1. The summed E-state index contributed by atoms with van der Waals surface area (Å²) in [5.41, 5.74) is 0.667. The molecule has 2 aromatic rings. The summed E-state index contributed by atoms with van der Waals surface area (Å²) in [4.78, 5) is 11.5. The average Bonchev–Trinajstić information content (AvgIpc) is 2.60. The fraction of sp³-hybridized carbons (Fsp3) is 0.211. The van der Waals surface area contributed by atoms with Crippen LogP contribution in [0.4, 0.5) is 18.0 Å². The SMILES string of the molecule is O=C(NCCC#Cc1ccc(C(F)(F)F)cc1)OCc1ccccc1. The summed E-state index contributed by atoms with van der Waals surface area (Å²) in [6.45, 7) is 0.477.